The quantitative estimate of drug-likeness (QED) is 0.663. The summed E-state index contributed by atoms with van der Waals surface area (Å²) in [6.07, 6.45) is 1.54. The largest absolute Gasteiger partial charge is 0.480 e. The number of carboxylic acids is 1. The number of piperazine rings is 1. The zero-order valence-corrected chi connectivity index (χ0v) is 11.3. The van der Waals surface area contributed by atoms with E-state index in [1.54, 1.807) is 0 Å². The van der Waals surface area contributed by atoms with Gasteiger partial charge in [-0.15, -0.1) is 0 Å². The van der Waals surface area contributed by atoms with Crippen LogP contribution in [0.2, 0.25) is 0 Å². The van der Waals surface area contributed by atoms with Crippen LogP contribution in [0.5, 0.6) is 0 Å². The third-order valence-electron chi connectivity index (χ3n) is 3.15. The number of amides is 3. The Balaban J connectivity index is 2.69. The molecule has 1 fully saturated rings. The van der Waals surface area contributed by atoms with E-state index in [0.29, 0.717) is 32.4 Å². The van der Waals surface area contributed by atoms with Crippen LogP contribution in [0.15, 0.2) is 0 Å². The van der Waals surface area contributed by atoms with Crippen molar-refractivity contribution >= 4 is 17.9 Å². The monoisotopic (exact) mass is 271 g/mol. The summed E-state index contributed by atoms with van der Waals surface area (Å²) in [5.41, 5.74) is 0. The second-order valence-corrected chi connectivity index (χ2v) is 4.54. The molecule has 0 aromatic rings. The van der Waals surface area contributed by atoms with Gasteiger partial charge in [-0.1, -0.05) is 20.3 Å². The predicted molar refractivity (Wildman–Crippen MR) is 68.7 cm³/mol. The number of urea groups is 1. The first-order valence-corrected chi connectivity index (χ1v) is 6.58. The van der Waals surface area contributed by atoms with Crippen LogP contribution in [0.3, 0.4) is 0 Å². The van der Waals surface area contributed by atoms with Crippen molar-refractivity contribution in [3.63, 3.8) is 0 Å². The van der Waals surface area contributed by atoms with E-state index < -0.39 is 24.1 Å². The molecule has 0 bridgehead atoms. The Hall–Kier alpha value is -1.79. The zero-order chi connectivity index (χ0) is 14.4. The Kier molecular flexibility index (Phi) is 5.59. The van der Waals surface area contributed by atoms with E-state index in [4.69, 9.17) is 5.11 Å². The fourth-order valence-corrected chi connectivity index (χ4v) is 2.14. The number of carbonyl (C=O) groups excluding carboxylic acids is 2. The van der Waals surface area contributed by atoms with E-state index in [1.165, 1.54) is 4.90 Å². The predicted octanol–water partition coefficient (Wildman–Crippen LogP) is 0.160. The fourth-order valence-electron chi connectivity index (χ4n) is 2.14. The van der Waals surface area contributed by atoms with E-state index in [2.05, 4.69) is 10.6 Å². The second kappa shape index (κ2) is 6.96. The molecule has 0 spiro atoms. The highest BCUT2D eigenvalue weighted by molar-refractivity contribution is 5.89. The summed E-state index contributed by atoms with van der Waals surface area (Å²) < 4.78 is 0. The standard InChI is InChI=1S/C12H21N3O4/c1-3-5-8(11(17)18)14-12(19)15-7-6-13-10(16)9(15)4-2/h8-9H,3-7H2,1-2H3,(H,13,16)(H,14,19)(H,17,18)/t8-,9?/m1/s1. The molecule has 1 heterocycles. The van der Waals surface area contributed by atoms with Crippen LogP contribution in [0, 0.1) is 0 Å². The van der Waals surface area contributed by atoms with E-state index in [9.17, 15) is 14.4 Å². The van der Waals surface area contributed by atoms with Crippen molar-refractivity contribution in [1.29, 1.82) is 0 Å². The Morgan fingerprint density at radius 1 is 1.53 bits per heavy atom. The number of nitrogens with zero attached hydrogens (tertiary/aromatic N) is 1. The maximum atomic E-state index is 12.1. The highest BCUT2D eigenvalue weighted by Crippen LogP contribution is 2.09. The van der Waals surface area contributed by atoms with Crippen molar-refractivity contribution in [3.8, 4) is 0 Å². The van der Waals surface area contributed by atoms with Crippen molar-refractivity contribution < 1.29 is 19.5 Å². The van der Waals surface area contributed by atoms with Gasteiger partial charge in [0.25, 0.3) is 0 Å². The zero-order valence-electron chi connectivity index (χ0n) is 11.3. The first-order chi connectivity index (χ1) is 9.01. The van der Waals surface area contributed by atoms with Gasteiger partial charge in [-0.3, -0.25) is 4.79 Å². The van der Waals surface area contributed by atoms with Crippen molar-refractivity contribution in [2.75, 3.05) is 13.1 Å². The number of hydrogen-bond acceptors (Lipinski definition) is 3. The van der Waals surface area contributed by atoms with Gasteiger partial charge in [-0.2, -0.15) is 0 Å². The van der Waals surface area contributed by atoms with Gasteiger partial charge in [0.2, 0.25) is 5.91 Å². The van der Waals surface area contributed by atoms with Gasteiger partial charge in [0.1, 0.15) is 12.1 Å². The lowest BCUT2D eigenvalue weighted by atomic mass is 10.1. The number of carbonyl (C=O) groups is 3. The first kappa shape index (κ1) is 15.3. The summed E-state index contributed by atoms with van der Waals surface area (Å²) in [5, 5.41) is 14.2. The van der Waals surface area contributed by atoms with Crippen LogP contribution in [-0.2, 0) is 9.59 Å². The van der Waals surface area contributed by atoms with Gasteiger partial charge in [0, 0.05) is 13.1 Å². The Morgan fingerprint density at radius 2 is 2.21 bits per heavy atom. The molecule has 3 N–H and O–H groups in total. The molecule has 0 radical (unpaired) electrons. The molecule has 108 valence electrons. The molecule has 0 aliphatic carbocycles. The van der Waals surface area contributed by atoms with Gasteiger partial charge in [0.05, 0.1) is 0 Å². The number of nitrogens with one attached hydrogen (secondary N) is 2. The molecule has 7 heteroatoms. The van der Waals surface area contributed by atoms with Crippen molar-refractivity contribution in [2.45, 2.75) is 45.2 Å². The summed E-state index contributed by atoms with van der Waals surface area (Å²) in [5.74, 6) is -1.24. The van der Waals surface area contributed by atoms with Crippen LogP contribution in [0.25, 0.3) is 0 Å². The van der Waals surface area contributed by atoms with Gasteiger partial charge in [0.15, 0.2) is 0 Å². The van der Waals surface area contributed by atoms with E-state index in [1.807, 2.05) is 13.8 Å². The minimum absolute atomic E-state index is 0.189. The lowest BCUT2D eigenvalue weighted by Crippen LogP contribution is -2.60. The molecule has 2 atom stereocenters. The van der Waals surface area contributed by atoms with Crippen molar-refractivity contribution in [2.24, 2.45) is 0 Å². The highest BCUT2D eigenvalue weighted by Gasteiger charge is 2.33. The number of aliphatic carboxylic acids is 1. The second-order valence-electron chi connectivity index (χ2n) is 4.54. The van der Waals surface area contributed by atoms with Crippen LogP contribution < -0.4 is 10.6 Å². The molecule has 1 saturated heterocycles. The number of hydrogen-bond donors (Lipinski definition) is 3. The third kappa shape index (κ3) is 3.84. The van der Waals surface area contributed by atoms with Gasteiger partial charge < -0.3 is 20.6 Å². The molecule has 1 rings (SSSR count). The SMILES string of the molecule is CCC[C@@H](NC(=O)N1CCNC(=O)C1CC)C(=O)O. The number of carboxylic acid groups (broad SMARTS) is 1. The molecule has 3 amide bonds. The molecule has 0 aromatic heterocycles. The first-order valence-electron chi connectivity index (χ1n) is 6.58. The lowest BCUT2D eigenvalue weighted by molar-refractivity contribution is -0.139. The molecule has 0 saturated carbocycles. The molecule has 1 aliphatic rings. The van der Waals surface area contributed by atoms with Crippen LogP contribution in [0.1, 0.15) is 33.1 Å². The molecular formula is C12H21N3O4. The van der Waals surface area contributed by atoms with Crippen molar-refractivity contribution in [1.82, 2.24) is 15.5 Å². The average Bonchev–Trinajstić information content (AvgIpc) is 2.37. The molecule has 1 aliphatic heterocycles. The van der Waals surface area contributed by atoms with Gasteiger partial charge in [-0.25, -0.2) is 9.59 Å². The summed E-state index contributed by atoms with van der Waals surface area (Å²) >= 11 is 0. The Morgan fingerprint density at radius 3 is 2.74 bits per heavy atom. The maximum absolute atomic E-state index is 12.1. The smallest absolute Gasteiger partial charge is 0.326 e. The topological polar surface area (TPSA) is 98.7 Å². The minimum atomic E-state index is -1.05. The third-order valence-corrected chi connectivity index (χ3v) is 3.15. The minimum Gasteiger partial charge on any atom is -0.480 e. The molecular weight excluding hydrogens is 250 g/mol. The van der Waals surface area contributed by atoms with Crippen LogP contribution in [0.4, 0.5) is 4.79 Å². The summed E-state index contributed by atoms with van der Waals surface area (Å²) in [6.45, 7) is 4.46. The Bertz CT molecular complexity index is 359. The highest BCUT2D eigenvalue weighted by atomic mass is 16.4. The lowest BCUT2D eigenvalue weighted by Gasteiger charge is -2.35. The summed E-state index contributed by atoms with van der Waals surface area (Å²) in [7, 11) is 0. The molecule has 0 aromatic carbocycles. The van der Waals surface area contributed by atoms with Crippen molar-refractivity contribution in [3.05, 3.63) is 0 Å². The average molecular weight is 271 g/mol. The van der Waals surface area contributed by atoms with E-state index >= 15 is 0 Å². The molecule has 19 heavy (non-hydrogen) atoms. The fraction of sp³-hybridized carbons (Fsp3) is 0.750. The Labute approximate surface area is 112 Å². The van der Waals surface area contributed by atoms with E-state index in [0.717, 1.165) is 0 Å². The number of rotatable bonds is 5. The summed E-state index contributed by atoms with van der Waals surface area (Å²) in [4.78, 5) is 36.1. The van der Waals surface area contributed by atoms with E-state index in [-0.39, 0.29) is 5.91 Å². The van der Waals surface area contributed by atoms with Crippen LogP contribution in [-0.4, -0.2) is 53.1 Å². The van der Waals surface area contributed by atoms with Crippen LogP contribution >= 0.6 is 0 Å². The molecule has 7 nitrogen and oxygen atoms in total. The normalized spacial score (nSPS) is 20.6. The van der Waals surface area contributed by atoms with Gasteiger partial charge >= 0.3 is 12.0 Å². The maximum Gasteiger partial charge on any atom is 0.326 e. The molecule has 1 unspecified atom stereocenters. The van der Waals surface area contributed by atoms with Gasteiger partial charge in [-0.05, 0) is 12.8 Å². The summed E-state index contributed by atoms with van der Waals surface area (Å²) in [6, 6.07) is -1.91.